The Balaban J connectivity index is 2.03. The van der Waals surface area contributed by atoms with Gasteiger partial charge in [0.2, 0.25) is 0 Å². The smallest absolute Gasteiger partial charge is 0.118 e. The Bertz CT molecular complexity index is 742. The van der Waals surface area contributed by atoms with E-state index in [-0.39, 0.29) is 0 Å². The maximum Gasteiger partial charge on any atom is 0.118 e. The molecule has 0 atom stereocenters. The van der Waals surface area contributed by atoms with Gasteiger partial charge in [-0.05, 0) is 49.2 Å². The van der Waals surface area contributed by atoms with Gasteiger partial charge in [0.1, 0.15) is 5.75 Å². The fourth-order valence-electron chi connectivity index (χ4n) is 2.58. The zero-order valence-corrected chi connectivity index (χ0v) is 12.1. The third-order valence-electron chi connectivity index (χ3n) is 3.88. The van der Waals surface area contributed by atoms with E-state index in [0.29, 0.717) is 0 Å². The molecule has 0 aliphatic heterocycles. The Hall–Kier alpha value is -2.29. The molecule has 0 N–H and O–H groups in total. The maximum atomic E-state index is 5.20. The Labute approximate surface area is 118 Å². The lowest BCUT2D eigenvalue weighted by Crippen LogP contribution is -2.01. The van der Waals surface area contributed by atoms with Crippen molar-refractivity contribution >= 4 is 11.0 Å². The summed E-state index contributed by atoms with van der Waals surface area (Å²) in [6, 6.07) is 12.3. The number of hydrogen-bond acceptors (Lipinski definition) is 2. The molecule has 0 radical (unpaired) electrons. The third kappa shape index (κ3) is 2.05. The lowest BCUT2D eigenvalue weighted by atomic mass is 10.2. The molecule has 3 aromatic rings. The number of methoxy groups -OCH3 is 1. The SMILES string of the molecule is COc1ccc(Cn2c(C)c(C)c3ncccc32)cc1. The van der Waals surface area contributed by atoms with Gasteiger partial charge in [-0.3, -0.25) is 4.98 Å². The second-order valence-corrected chi connectivity index (χ2v) is 5.02. The number of aromatic nitrogens is 2. The molecule has 0 saturated heterocycles. The summed E-state index contributed by atoms with van der Waals surface area (Å²) in [5.74, 6) is 0.890. The summed E-state index contributed by atoms with van der Waals surface area (Å²) in [5, 5.41) is 0. The van der Waals surface area contributed by atoms with Crippen LogP contribution in [0.1, 0.15) is 16.8 Å². The predicted molar refractivity (Wildman–Crippen MR) is 81.3 cm³/mol. The Morgan fingerprint density at radius 2 is 1.85 bits per heavy atom. The lowest BCUT2D eigenvalue weighted by molar-refractivity contribution is 0.414. The monoisotopic (exact) mass is 266 g/mol. The van der Waals surface area contributed by atoms with Crippen molar-refractivity contribution in [2.45, 2.75) is 20.4 Å². The van der Waals surface area contributed by atoms with Crippen LogP contribution in [0.2, 0.25) is 0 Å². The van der Waals surface area contributed by atoms with Crippen LogP contribution in [0.4, 0.5) is 0 Å². The summed E-state index contributed by atoms with van der Waals surface area (Å²) in [7, 11) is 1.69. The molecule has 2 heterocycles. The third-order valence-corrected chi connectivity index (χ3v) is 3.88. The number of benzene rings is 1. The van der Waals surface area contributed by atoms with E-state index in [2.05, 4.69) is 41.6 Å². The molecular formula is C17H18N2O. The van der Waals surface area contributed by atoms with Crippen LogP contribution in [0.15, 0.2) is 42.6 Å². The van der Waals surface area contributed by atoms with Crippen LogP contribution in [0.3, 0.4) is 0 Å². The number of rotatable bonds is 3. The van der Waals surface area contributed by atoms with Crippen LogP contribution in [0.25, 0.3) is 11.0 Å². The van der Waals surface area contributed by atoms with Gasteiger partial charge in [-0.1, -0.05) is 12.1 Å². The van der Waals surface area contributed by atoms with Crippen LogP contribution in [0, 0.1) is 13.8 Å². The summed E-state index contributed by atoms with van der Waals surface area (Å²) in [5.41, 5.74) is 6.08. The van der Waals surface area contributed by atoms with Crippen LogP contribution < -0.4 is 4.74 Å². The molecule has 0 aliphatic carbocycles. The molecular weight excluding hydrogens is 248 g/mol. The highest BCUT2D eigenvalue weighted by molar-refractivity contribution is 5.81. The van der Waals surface area contributed by atoms with E-state index >= 15 is 0 Å². The Morgan fingerprint density at radius 3 is 2.55 bits per heavy atom. The highest BCUT2D eigenvalue weighted by Gasteiger charge is 2.11. The fraction of sp³-hybridized carbons (Fsp3) is 0.235. The number of fused-ring (bicyclic) bond motifs is 1. The first-order chi connectivity index (χ1) is 9.70. The standard InChI is InChI=1S/C17H18N2O/c1-12-13(2)19(16-5-4-10-18-17(12)16)11-14-6-8-15(20-3)9-7-14/h4-10H,11H2,1-3H3. The summed E-state index contributed by atoms with van der Waals surface area (Å²) in [6.45, 7) is 5.14. The number of hydrogen-bond donors (Lipinski definition) is 0. The average Bonchev–Trinajstić information content (AvgIpc) is 2.74. The average molecular weight is 266 g/mol. The molecule has 0 fully saturated rings. The minimum Gasteiger partial charge on any atom is -0.497 e. The van der Waals surface area contributed by atoms with Crippen LogP contribution >= 0.6 is 0 Å². The summed E-state index contributed by atoms with van der Waals surface area (Å²) < 4.78 is 7.52. The van der Waals surface area contributed by atoms with Crippen molar-refractivity contribution in [1.82, 2.24) is 9.55 Å². The van der Waals surface area contributed by atoms with Crippen LogP contribution in [-0.2, 0) is 6.54 Å². The van der Waals surface area contributed by atoms with Crippen LogP contribution in [-0.4, -0.2) is 16.7 Å². The number of pyridine rings is 1. The minimum absolute atomic E-state index is 0.853. The first-order valence-corrected chi connectivity index (χ1v) is 6.74. The Kier molecular flexibility index (Phi) is 3.18. The van der Waals surface area contributed by atoms with Gasteiger partial charge >= 0.3 is 0 Å². The molecule has 2 aromatic heterocycles. The zero-order valence-electron chi connectivity index (χ0n) is 12.1. The van der Waals surface area contributed by atoms with Gasteiger partial charge < -0.3 is 9.30 Å². The molecule has 0 unspecified atom stereocenters. The minimum atomic E-state index is 0.853. The van der Waals surface area contributed by atoms with E-state index in [0.717, 1.165) is 17.8 Å². The maximum absolute atomic E-state index is 5.20. The van der Waals surface area contributed by atoms with Crippen molar-refractivity contribution in [3.05, 3.63) is 59.4 Å². The summed E-state index contributed by atoms with van der Waals surface area (Å²) >= 11 is 0. The quantitative estimate of drug-likeness (QED) is 0.722. The van der Waals surface area contributed by atoms with Gasteiger partial charge in [0.05, 0.1) is 18.1 Å². The molecule has 102 valence electrons. The number of ether oxygens (including phenoxy) is 1. The van der Waals surface area contributed by atoms with E-state index < -0.39 is 0 Å². The first-order valence-electron chi connectivity index (χ1n) is 6.74. The summed E-state index contributed by atoms with van der Waals surface area (Å²) in [4.78, 5) is 4.49. The lowest BCUT2D eigenvalue weighted by Gasteiger charge is -2.09. The van der Waals surface area contributed by atoms with Crippen molar-refractivity contribution < 1.29 is 4.74 Å². The summed E-state index contributed by atoms with van der Waals surface area (Å²) in [6.07, 6.45) is 1.85. The van der Waals surface area contributed by atoms with Gasteiger partial charge in [0, 0.05) is 18.4 Å². The van der Waals surface area contributed by atoms with Gasteiger partial charge in [0.25, 0.3) is 0 Å². The predicted octanol–water partition coefficient (Wildman–Crippen LogP) is 3.71. The van der Waals surface area contributed by atoms with Crippen molar-refractivity contribution in [2.75, 3.05) is 7.11 Å². The number of aryl methyl sites for hydroxylation is 1. The van der Waals surface area contributed by atoms with E-state index in [9.17, 15) is 0 Å². The largest absolute Gasteiger partial charge is 0.497 e. The van der Waals surface area contributed by atoms with Crippen molar-refractivity contribution in [2.24, 2.45) is 0 Å². The van der Waals surface area contributed by atoms with Crippen molar-refractivity contribution in [1.29, 1.82) is 0 Å². The molecule has 1 aromatic carbocycles. The van der Waals surface area contributed by atoms with Crippen molar-refractivity contribution in [3.8, 4) is 5.75 Å². The zero-order chi connectivity index (χ0) is 14.1. The molecule has 0 saturated carbocycles. The topological polar surface area (TPSA) is 27.1 Å². The molecule has 3 rings (SSSR count). The second-order valence-electron chi connectivity index (χ2n) is 5.02. The van der Waals surface area contributed by atoms with Gasteiger partial charge in [-0.15, -0.1) is 0 Å². The van der Waals surface area contributed by atoms with E-state index in [1.54, 1.807) is 7.11 Å². The molecule has 20 heavy (non-hydrogen) atoms. The van der Waals surface area contributed by atoms with E-state index in [1.165, 1.54) is 22.3 Å². The van der Waals surface area contributed by atoms with E-state index in [4.69, 9.17) is 4.74 Å². The highest BCUT2D eigenvalue weighted by Crippen LogP contribution is 2.24. The molecule has 3 heteroatoms. The molecule has 0 spiro atoms. The second kappa shape index (κ2) is 5.00. The molecule has 0 amide bonds. The normalized spacial score (nSPS) is 10.9. The van der Waals surface area contributed by atoms with E-state index in [1.807, 2.05) is 24.4 Å². The van der Waals surface area contributed by atoms with Gasteiger partial charge in [-0.2, -0.15) is 0 Å². The highest BCUT2D eigenvalue weighted by atomic mass is 16.5. The van der Waals surface area contributed by atoms with Crippen LogP contribution in [0.5, 0.6) is 5.75 Å². The molecule has 0 aliphatic rings. The van der Waals surface area contributed by atoms with Gasteiger partial charge in [-0.25, -0.2) is 0 Å². The molecule has 3 nitrogen and oxygen atoms in total. The Morgan fingerprint density at radius 1 is 1.10 bits per heavy atom. The van der Waals surface area contributed by atoms with Crippen molar-refractivity contribution in [3.63, 3.8) is 0 Å². The fourth-order valence-corrected chi connectivity index (χ4v) is 2.58. The molecule has 0 bridgehead atoms. The first kappa shape index (κ1) is 12.7. The number of nitrogens with zero attached hydrogens (tertiary/aromatic N) is 2. The van der Waals surface area contributed by atoms with Gasteiger partial charge in [0.15, 0.2) is 0 Å².